The number of para-hydroxylation sites is 2. The zero-order chi connectivity index (χ0) is 14.8. The Morgan fingerprint density at radius 3 is 2.76 bits per heavy atom. The van der Waals surface area contributed by atoms with Crippen LogP contribution < -0.4 is 0 Å². The van der Waals surface area contributed by atoms with E-state index in [0.29, 0.717) is 6.61 Å². The van der Waals surface area contributed by atoms with Crippen molar-refractivity contribution in [3.63, 3.8) is 0 Å². The van der Waals surface area contributed by atoms with E-state index in [1.165, 1.54) is 12.1 Å². The third-order valence-electron chi connectivity index (χ3n) is 3.28. The van der Waals surface area contributed by atoms with Crippen LogP contribution in [0.5, 0.6) is 0 Å². The molecule has 1 N–H and O–H groups in total. The highest BCUT2D eigenvalue weighted by molar-refractivity contribution is 5.79. The lowest BCUT2D eigenvalue weighted by atomic mass is 10.1. The smallest absolute Gasteiger partial charge is 0.138 e. The van der Waals surface area contributed by atoms with Crippen molar-refractivity contribution in [1.82, 2.24) is 9.97 Å². The van der Waals surface area contributed by atoms with E-state index in [1.807, 2.05) is 38.1 Å². The molecule has 0 atom stereocenters. The van der Waals surface area contributed by atoms with Crippen molar-refractivity contribution in [1.29, 1.82) is 0 Å². The molecule has 0 aliphatic rings. The Hall–Kier alpha value is -2.20. The lowest BCUT2D eigenvalue weighted by Gasteiger charge is -2.11. The van der Waals surface area contributed by atoms with Gasteiger partial charge in [-0.05, 0) is 49.7 Å². The third-order valence-corrected chi connectivity index (χ3v) is 3.28. The normalized spacial score (nSPS) is 11.4. The molecule has 4 heteroatoms. The zero-order valence-electron chi connectivity index (χ0n) is 12.1. The largest absolute Gasteiger partial charge is 0.374 e. The van der Waals surface area contributed by atoms with Gasteiger partial charge in [-0.2, -0.15) is 0 Å². The number of rotatable bonds is 4. The second-order valence-electron chi connectivity index (χ2n) is 5.26. The zero-order valence-corrected chi connectivity index (χ0v) is 12.1. The molecule has 2 aromatic carbocycles. The number of ether oxygens (including phenoxy) is 1. The van der Waals surface area contributed by atoms with Crippen LogP contribution in [0.2, 0.25) is 0 Å². The highest BCUT2D eigenvalue weighted by atomic mass is 19.1. The molecule has 0 bridgehead atoms. The molecule has 0 unspecified atom stereocenters. The van der Waals surface area contributed by atoms with E-state index in [9.17, 15) is 4.39 Å². The summed E-state index contributed by atoms with van der Waals surface area (Å²) in [5, 5.41) is 0. The number of hydrogen-bond donors (Lipinski definition) is 1. The monoisotopic (exact) mass is 284 g/mol. The number of imidazole rings is 1. The van der Waals surface area contributed by atoms with Crippen molar-refractivity contribution >= 4 is 11.0 Å². The molecule has 0 aliphatic heterocycles. The second-order valence-corrected chi connectivity index (χ2v) is 5.26. The van der Waals surface area contributed by atoms with Gasteiger partial charge in [0.15, 0.2) is 0 Å². The fourth-order valence-corrected chi connectivity index (χ4v) is 2.25. The lowest BCUT2D eigenvalue weighted by Crippen LogP contribution is -2.04. The first-order valence-corrected chi connectivity index (χ1v) is 6.98. The second kappa shape index (κ2) is 5.66. The Morgan fingerprint density at radius 2 is 2.00 bits per heavy atom. The fraction of sp³-hybridized carbons (Fsp3) is 0.235. The minimum atomic E-state index is -0.266. The van der Waals surface area contributed by atoms with Crippen LogP contribution in [0.3, 0.4) is 0 Å². The molecule has 0 amide bonds. The summed E-state index contributed by atoms with van der Waals surface area (Å²) >= 11 is 0. The van der Waals surface area contributed by atoms with Gasteiger partial charge in [0.05, 0.1) is 23.7 Å². The Bertz CT molecular complexity index is 731. The number of aromatic nitrogens is 2. The fourth-order valence-electron chi connectivity index (χ4n) is 2.25. The summed E-state index contributed by atoms with van der Waals surface area (Å²) < 4.78 is 19.1. The maximum Gasteiger partial charge on any atom is 0.138 e. The number of fused-ring (bicyclic) bond motifs is 1. The van der Waals surface area contributed by atoms with Gasteiger partial charge in [-0.3, -0.25) is 0 Å². The van der Waals surface area contributed by atoms with Crippen LogP contribution in [0.15, 0.2) is 42.5 Å². The summed E-state index contributed by atoms with van der Waals surface area (Å²) in [6.45, 7) is 4.28. The molecule has 21 heavy (non-hydrogen) atoms. The van der Waals surface area contributed by atoms with Crippen molar-refractivity contribution in [2.75, 3.05) is 0 Å². The SMILES string of the molecule is CC(C)OCc1cc(F)ccc1-c1nc2ccccc2[nH]1. The Morgan fingerprint density at radius 1 is 1.19 bits per heavy atom. The minimum Gasteiger partial charge on any atom is -0.374 e. The van der Waals surface area contributed by atoms with E-state index in [-0.39, 0.29) is 11.9 Å². The van der Waals surface area contributed by atoms with Crippen LogP contribution in [-0.4, -0.2) is 16.1 Å². The topological polar surface area (TPSA) is 37.9 Å². The van der Waals surface area contributed by atoms with Gasteiger partial charge in [0, 0.05) is 5.56 Å². The quantitative estimate of drug-likeness (QED) is 0.776. The summed E-state index contributed by atoms with van der Waals surface area (Å²) in [6.07, 6.45) is 0.0943. The molecule has 0 spiro atoms. The van der Waals surface area contributed by atoms with Crippen LogP contribution >= 0.6 is 0 Å². The van der Waals surface area contributed by atoms with Gasteiger partial charge in [0.25, 0.3) is 0 Å². The van der Waals surface area contributed by atoms with E-state index in [4.69, 9.17) is 4.74 Å². The van der Waals surface area contributed by atoms with Crippen LogP contribution in [0, 0.1) is 5.82 Å². The summed E-state index contributed by atoms with van der Waals surface area (Å²) in [4.78, 5) is 7.84. The number of nitrogens with zero attached hydrogens (tertiary/aromatic N) is 1. The molecule has 3 rings (SSSR count). The maximum atomic E-state index is 13.5. The molecule has 1 aromatic heterocycles. The summed E-state index contributed by atoms with van der Waals surface area (Å²) in [5.74, 6) is 0.468. The molecule has 3 nitrogen and oxygen atoms in total. The molecule has 0 saturated carbocycles. The summed E-state index contributed by atoms with van der Waals surface area (Å²) in [5.41, 5.74) is 3.52. The molecule has 0 saturated heterocycles. The lowest BCUT2D eigenvalue weighted by molar-refractivity contribution is 0.0658. The number of benzene rings is 2. The van der Waals surface area contributed by atoms with Gasteiger partial charge < -0.3 is 9.72 Å². The molecular formula is C17H17FN2O. The van der Waals surface area contributed by atoms with Gasteiger partial charge in [-0.1, -0.05) is 12.1 Å². The van der Waals surface area contributed by atoms with Gasteiger partial charge in [0.2, 0.25) is 0 Å². The third kappa shape index (κ3) is 2.95. The van der Waals surface area contributed by atoms with E-state index in [1.54, 1.807) is 6.07 Å². The Kier molecular flexibility index (Phi) is 3.71. The van der Waals surface area contributed by atoms with Gasteiger partial charge >= 0.3 is 0 Å². The van der Waals surface area contributed by atoms with Gasteiger partial charge in [-0.15, -0.1) is 0 Å². The molecule has 0 radical (unpaired) electrons. The van der Waals surface area contributed by atoms with Crippen LogP contribution in [0.25, 0.3) is 22.4 Å². The standard InChI is InChI=1S/C17H17FN2O/c1-11(2)21-10-12-9-13(18)7-8-14(12)17-19-15-5-3-4-6-16(15)20-17/h3-9,11H,10H2,1-2H3,(H,19,20). The maximum absolute atomic E-state index is 13.5. The molecule has 108 valence electrons. The van der Waals surface area contributed by atoms with Crippen molar-refractivity contribution < 1.29 is 9.13 Å². The average Bonchev–Trinajstić information content (AvgIpc) is 2.88. The van der Waals surface area contributed by atoms with E-state index in [2.05, 4.69) is 9.97 Å². The first-order chi connectivity index (χ1) is 10.1. The number of nitrogens with one attached hydrogen (secondary N) is 1. The van der Waals surface area contributed by atoms with Crippen LogP contribution in [-0.2, 0) is 11.3 Å². The number of halogens is 1. The first kappa shape index (κ1) is 13.8. The van der Waals surface area contributed by atoms with Crippen molar-refractivity contribution in [3.05, 3.63) is 53.8 Å². The number of H-pyrrole nitrogens is 1. The highest BCUT2D eigenvalue weighted by Crippen LogP contribution is 2.25. The first-order valence-electron chi connectivity index (χ1n) is 6.98. The predicted molar refractivity (Wildman–Crippen MR) is 81.4 cm³/mol. The average molecular weight is 284 g/mol. The van der Waals surface area contributed by atoms with E-state index >= 15 is 0 Å². The minimum absolute atomic E-state index is 0.0943. The van der Waals surface area contributed by atoms with E-state index in [0.717, 1.165) is 28.0 Å². The Labute approximate surface area is 122 Å². The van der Waals surface area contributed by atoms with Crippen molar-refractivity contribution in [3.8, 4) is 11.4 Å². The summed E-state index contributed by atoms with van der Waals surface area (Å²) in [7, 11) is 0. The van der Waals surface area contributed by atoms with Gasteiger partial charge in [-0.25, -0.2) is 9.37 Å². The summed E-state index contributed by atoms with van der Waals surface area (Å²) in [6, 6.07) is 12.5. The molecule has 0 fully saturated rings. The molecular weight excluding hydrogens is 267 g/mol. The molecule has 3 aromatic rings. The van der Waals surface area contributed by atoms with Crippen LogP contribution in [0.1, 0.15) is 19.4 Å². The number of aromatic amines is 1. The van der Waals surface area contributed by atoms with Crippen LogP contribution in [0.4, 0.5) is 4.39 Å². The Balaban J connectivity index is 2.03. The van der Waals surface area contributed by atoms with Crippen molar-refractivity contribution in [2.24, 2.45) is 0 Å². The van der Waals surface area contributed by atoms with E-state index < -0.39 is 0 Å². The van der Waals surface area contributed by atoms with Crippen molar-refractivity contribution in [2.45, 2.75) is 26.6 Å². The molecule has 0 aliphatic carbocycles. The molecule has 1 heterocycles. The predicted octanol–water partition coefficient (Wildman–Crippen LogP) is 4.29. The highest BCUT2D eigenvalue weighted by Gasteiger charge is 2.11. The number of hydrogen-bond acceptors (Lipinski definition) is 2. The van der Waals surface area contributed by atoms with Gasteiger partial charge in [0.1, 0.15) is 11.6 Å².